The number of hydrogen-bond acceptors (Lipinski definition) is 8. The molecule has 260 valence electrons. The number of aromatic nitrogens is 1. The fraction of sp³-hybridized carbons (Fsp3) is 0.308. The molecule has 5 rings (SSSR count). The zero-order chi connectivity index (χ0) is 35.5. The van der Waals surface area contributed by atoms with Crippen molar-refractivity contribution in [2.75, 3.05) is 51.4 Å². The molecule has 1 aliphatic rings. The zero-order valence-electron chi connectivity index (χ0n) is 28.6. The summed E-state index contributed by atoms with van der Waals surface area (Å²) in [6, 6.07) is 25.8. The van der Waals surface area contributed by atoms with E-state index in [2.05, 4.69) is 34.7 Å². The number of nitrogens with zero attached hydrogens (tertiary/aromatic N) is 2. The summed E-state index contributed by atoms with van der Waals surface area (Å²) in [7, 11) is 0. The van der Waals surface area contributed by atoms with Crippen molar-refractivity contribution in [2.45, 2.75) is 33.1 Å². The van der Waals surface area contributed by atoms with Gasteiger partial charge < -0.3 is 24.8 Å². The van der Waals surface area contributed by atoms with Crippen LogP contribution in [0.15, 0.2) is 85.1 Å². The van der Waals surface area contributed by atoms with Gasteiger partial charge in [-0.25, -0.2) is 9.78 Å². The molecule has 1 heterocycles. The minimum absolute atomic E-state index is 0.0678. The van der Waals surface area contributed by atoms with Gasteiger partial charge in [-0.2, -0.15) is 0 Å². The number of ether oxygens (including phenoxy) is 3. The van der Waals surface area contributed by atoms with Crippen LogP contribution in [0.3, 0.4) is 0 Å². The van der Waals surface area contributed by atoms with Crippen molar-refractivity contribution in [1.29, 1.82) is 0 Å². The minimum Gasteiger partial charge on any atom is -0.465 e. The van der Waals surface area contributed by atoms with Crippen molar-refractivity contribution in [1.82, 2.24) is 15.2 Å². The number of hydrogen-bond donors (Lipinski definition) is 2. The molecule has 50 heavy (non-hydrogen) atoms. The van der Waals surface area contributed by atoms with Gasteiger partial charge in [0.1, 0.15) is 13.2 Å². The third-order valence-electron chi connectivity index (χ3n) is 8.34. The topological polar surface area (TPSA) is 136 Å². The van der Waals surface area contributed by atoms with Gasteiger partial charge in [0, 0.05) is 37.7 Å². The average Bonchev–Trinajstić information content (AvgIpc) is 3.44. The quantitative estimate of drug-likeness (QED) is 0.118. The smallest absolute Gasteiger partial charge is 0.410 e. The van der Waals surface area contributed by atoms with Gasteiger partial charge in [-0.15, -0.1) is 0 Å². The molecule has 3 aromatic carbocycles. The summed E-state index contributed by atoms with van der Waals surface area (Å²) in [6.45, 7) is 5.56. The third-order valence-corrected chi connectivity index (χ3v) is 8.34. The van der Waals surface area contributed by atoms with Crippen molar-refractivity contribution in [3.8, 4) is 22.3 Å². The van der Waals surface area contributed by atoms with Crippen LogP contribution < -0.4 is 10.6 Å². The second-order valence-electron chi connectivity index (χ2n) is 11.8. The first-order valence-corrected chi connectivity index (χ1v) is 16.8. The van der Waals surface area contributed by atoms with E-state index in [1.54, 1.807) is 19.2 Å². The zero-order valence-corrected chi connectivity index (χ0v) is 28.6. The number of esters is 1. The van der Waals surface area contributed by atoms with Crippen LogP contribution in [0.2, 0.25) is 0 Å². The molecule has 0 spiro atoms. The molecule has 0 atom stereocenters. The molecule has 0 unspecified atom stereocenters. The van der Waals surface area contributed by atoms with E-state index >= 15 is 0 Å². The predicted octanol–water partition coefficient (Wildman–Crippen LogP) is 5.83. The van der Waals surface area contributed by atoms with E-state index in [9.17, 15) is 19.2 Å². The SMILES string of the molecule is CCOC(=O)CN(CCOCCNC(=O)c1ncc(-c2cccc(CC)c2)cc1NC(C)=O)C(=O)OCC1c2ccccc2-c2ccccc21. The van der Waals surface area contributed by atoms with Gasteiger partial charge in [-0.05, 0) is 52.8 Å². The summed E-state index contributed by atoms with van der Waals surface area (Å²) in [5.74, 6) is -1.49. The average molecular weight is 679 g/mol. The molecule has 11 nitrogen and oxygen atoms in total. The molecule has 11 heteroatoms. The van der Waals surface area contributed by atoms with Crippen molar-refractivity contribution in [3.63, 3.8) is 0 Å². The summed E-state index contributed by atoms with van der Waals surface area (Å²) < 4.78 is 16.5. The Kier molecular flexibility index (Phi) is 12.3. The Morgan fingerprint density at radius 3 is 2.24 bits per heavy atom. The standard InChI is InChI=1S/C39H42N4O7/c1-4-27-11-10-12-28(21-27)29-22-35(42-26(3)44)37(41-23-29)38(46)40-17-19-48-20-18-43(24-36(45)49-5-2)39(47)50-25-34-32-15-8-6-13-30(32)31-14-7-9-16-33(31)34/h6-16,21-23,34H,4-5,17-20,24-25H2,1-3H3,(H,40,46)(H,42,44). The largest absolute Gasteiger partial charge is 0.465 e. The number of nitrogens with one attached hydrogen (secondary N) is 2. The van der Waals surface area contributed by atoms with Crippen LogP contribution in [0.5, 0.6) is 0 Å². The highest BCUT2D eigenvalue weighted by Gasteiger charge is 2.30. The van der Waals surface area contributed by atoms with Crippen molar-refractivity contribution < 1.29 is 33.4 Å². The van der Waals surface area contributed by atoms with Crippen LogP contribution in [0.4, 0.5) is 10.5 Å². The first-order valence-electron chi connectivity index (χ1n) is 16.8. The lowest BCUT2D eigenvalue weighted by atomic mass is 9.98. The van der Waals surface area contributed by atoms with Crippen LogP contribution in [-0.2, 0) is 30.2 Å². The van der Waals surface area contributed by atoms with E-state index in [1.165, 1.54) is 11.8 Å². The summed E-state index contributed by atoms with van der Waals surface area (Å²) >= 11 is 0. The predicted molar refractivity (Wildman–Crippen MR) is 190 cm³/mol. The van der Waals surface area contributed by atoms with Crippen LogP contribution >= 0.6 is 0 Å². The highest BCUT2D eigenvalue weighted by atomic mass is 16.6. The molecular weight excluding hydrogens is 636 g/mol. The molecular formula is C39H42N4O7. The molecule has 0 bridgehead atoms. The fourth-order valence-corrected chi connectivity index (χ4v) is 5.94. The van der Waals surface area contributed by atoms with Crippen LogP contribution in [-0.4, -0.2) is 79.8 Å². The lowest BCUT2D eigenvalue weighted by Crippen LogP contribution is -2.40. The Labute approximate surface area is 292 Å². The number of benzene rings is 3. The third kappa shape index (κ3) is 8.91. The van der Waals surface area contributed by atoms with E-state index in [0.29, 0.717) is 5.69 Å². The molecule has 0 fully saturated rings. The summed E-state index contributed by atoms with van der Waals surface area (Å²) in [4.78, 5) is 56.1. The Hall–Kier alpha value is -5.55. The number of fused-ring (bicyclic) bond motifs is 3. The molecule has 4 aromatic rings. The Bertz CT molecular complexity index is 1800. The van der Waals surface area contributed by atoms with E-state index in [1.807, 2.05) is 60.7 Å². The maximum absolute atomic E-state index is 13.2. The normalized spacial score (nSPS) is 11.7. The van der Waals surface area contributed by atoms with Crippen LogP contribution in [0.25, 0.3) is 22.3 Å². The Balaban J connectivity index is 1.14. The number of amides is 3. The minimum atomic E-state index is -0.654. The van der Waals surface area contributed by atoms with Crippen molar-refractivity contribution >= 4 is 29.6 Å². The van der Waals surface area contributed by atoms with E-state index < -0.39 is 18.0 Å². The van der Waals surface area contributed by atoms with Crippen LogP contribution in [0, 0.1) is 0 Å². The second kappa shape index (κ2) is 17.2. The van der Waals surface area contributed by atoms with Gasteiger partial charge in [0.15, 0.2) is 5.69 Å². The van der Waals surface area contributed by atoms with Gasteiger partial charge in [0.25, 0.3) is 5.91 Å². The first-order chi connectivity index (χ1) is 24.3. The van der Waals surface area contributed by atoms with Gasteiger partial charge in [0.05, 0.1) is 25.5 Å². The number of pyridine rings is 1. The molecule has 0 saturated carbocycles. The maximum atomic E-state index is 13.2. The van der Waals surface area contributed by atoms with Crippen molar-refractivity contribution in [3.05, 3.63) is 107 Å². The van der Waals surface area contributed by atoms with Gasteiger partial charge >= 0.3 is 12.1 Å². The summed E-state index contributed by atoms with van der Waals surface area (Å²) in [5.41, 5.74) is 7.63. The Morgan fingerprint density at radius 2 is 1.56 bits per heavy atom. The van der Waals surface area contributed by atoms with Gasteiger partial charge in [0.2, 0.25) is 5.91 Å². The monoisotopic (exact) mass is 678 g/mol. The van der Waals surface area contributed by atoms with Gasteiger partial charge in [-0.1, -0.05) is 79.7 Å². The lowest BCUT2D eigenvalue weighted by Gasteiger charge is -2.23. The maximum Gasteiger partial charge on any atom is 0.410 e. The van der Waals surface area contributed by atoms with Gasteiger partial charge in [-0.3, -0.25) is 19.3 Å². The summed E-state index contributed by atoms with van der Waals surface area (Å²) in [6.07, 6.45) is 1.83. The molecule has 0 aliphatic heterocycles. The molecule has 2 N–H and O–H groups in total. The number of carbonyl (C=O) groups is 4. The van der Waals surface area contributed by atoms with E-state index in [4.69, 9.17) is 14.2 Å². The molecule has 1 aliphatic carbocycles. The molecule has 0 radical (unpaired) electrons. The van der Waals surface area contributed by atoms with Crippen LogP contribution in [0.1, 0.15) is 53.9 Å². The van der Waals surface area contributed by atoms with E-state index in [-0.39, 0.29) is 63.6 Å². The highest BCUT2D eigenvalue weighted by Crippen LogP contribution is 2.44. The highest BCUT2D eigenvalue weighted by molar-refractivity contribution is 6.02. The molecule has 1 aromatic heterocycles. The number of rotatable bonds is 15. The number of anilines is 1. The second-order valence-corrected chi connectivity index (χ2v) is 11.8. The first kappa shape index (κ1) is 35.7. The van der Waals surface area contributed by atoms with E-state index in [0.717, 1.165) is 45.4 Å². The molecule has 0 saturated heterocycles. The summed E-state index contributed by atoms with van der Waals surface area (Å²) in [5, 5.41) is 5.47. The number of aryl methyl sites for hydroxylation is 1. The lowest BCUT2D eigenvalue weighted by molar-refractivity contribution is -0.144. The Morgan fingerprint density at radius 1 is 0.840 bits per heavy atom. The van der Waals surface area contributed by atoms with Crippen molar-refractivity contribution in [2.24, 2.45) is 0 Å². The number of carbonyl (C=O) groups excluding carboxylic acids is 4. The molecule has 3 amide bonds. The fourth-order valence-electron chi connectivity index (χ4n) is 5.94.